The third-order valence-corrected chi connectivity index (χ3v) is 2.30. The number of nitrogens with one attached hydrogen (secondary N) is 1. The van der Waals surface area contributed by atoms with Gasteiger partial charge in [0.05, 0.1) is 5.69 Å². The number of aromatic nitrogens is 2. The van der Waals surface area contributed by atoms with E-state index >= 15 is 0 Å². The molecule has 1 aromatic heterocycles. The van der Waals surface area contributed by atoms with Crippen LogP contribution in [0, 0.1) is 12.8 Å². The molecule has 0 fully saturated rings. The van der Waals surface area contributed by atoms with Crippen LogP contribution in [0.3, 0.4) is 0 Å². The Bertz CT molecular complexity index is 265. The number of rotatable bonds is 4. The molecule has 13 heavy (non-hydrogen) atoms. The van der Waals surface area contributed by atoms with Crippen molar-refractivity contribution in [3.63, 3.8) is 0 Å². The highest BCUT2D eigenvalue weighted by atomic mass is 15.2. The Morgan fingerprint density at radius 1 is 1.62 bits per heavy atom. The molecule has 1 aromatic rings. The Labute approximate surface area is 80.2 Å². The fraction of sp³-hybridized carbons (Fsp3) is 0.700. The first-order valence-corrected chi connectivity index (χ1v) is 4.87. The van der Waals surface area contributed by atoms with Gasteiger partial charge in [0.1, 0.15) is 0 Å². The van der Waals surface area contributed by atoms with E-state index < -0.39 is 0 Å². The van der Waals surface area contributed by atoms with E-state index in [0.29, 0.717) is 5.92 Å². The zero-order valence-corrected chi connectivity index (χ0v) is 8.96. The summed E-state index contributed by atoms with van der Waals surface area (Å²) in [7, 11) is 2.01. The summed E-state index contributed by atoms with van der Waals surface area (Å²) >= 11 is 0. The van der Waals surface area contributed by atoms with Gasteiger partial charge in [0.15, 0.2) is 0 Å². The van der Waals surface area contributed by atoms with Crippen molar-refractivity contribution in [3.8, 4) is 0 Å². The van der Waals surface area contributed by atoms with Crippen LogP contribution in [0.1, 0.15) is 26.0 Å². The molecule has 1 N–H and O–H groups in total. The highest BCUT2D eigenvalue weighted by Gasteiger charge is 2.03. The lowest BCUT2D eigenvalue weighted by Crippen LogP contribution is -2.13. The Morgan fingerprint density at radius 2 is 2.31 bits per heavy atom. The van der Waals surface area contributed by atoms with Crippen molar-refractivity contribution in [2.75, 3.05) is 11.9 Å². The number of hydrogen-bond donors (Lipinski definition) is 1. The average molecular weight is 181 g/mol. The predicted octanol–water partition coefficient (Wildman–Crippen LogP) is 2.19. The fourth-order valence-electron chi connectivity index (χ4n) is 1.19. The zero-order valence-electron chi connectivity index (χ0n) is 8.96. The zero-order chi connectivity index (χ0) is 9.84. The summed E-state index contributed by atoms with van der Waals surface area (Å²) < 4.78 is 2.03. The third kappa shape index (κ3) is 2.76. The van der Waals surface area contributed by atoms with Crippen LogP contribution in [0.15, 0.2) is 6.20 Å². The molecule has 0 aliphatic carbocycles. The van der Waals surface area contributed by atoms with Crippen molar-refractivity contribution in [2.24, 2.45) is 13.0 Å². The first-order chi connectivity index (χ1) is 6.13. The highest BCUT2D eigenvalue weighted by Crippen LogP contribution is 2.07. The van der Waals surface area contributed by atoms with Crippen molar-refractivity contribution in [3.05, 3.63) is 11.9 Å². The van der Waals surface area contributed by atoms with Gasteiger partial charge in [-0.3, -0.25) is 0 Å². The second kappa shape index (κ2) is 4.30. The normalized spacial score (nSPS) is 12.9. The molecular weight excluding hydrogens is 162 g/mol. The Hall–Kier alpha value is -0.990. The minimum atomic E-state index is 0.706. The molecule has 0 aliphatic rings. The van der Waals surface area contributed by atoms with E-state index in [1.54, 1.807) is 0 Å². The molecule has 0 amide bonds. The Balaban J connectivity index is 2.49. The summed E-state index contributed by atoms with van der Waals surface area (Å²) in [5.41, 5.74) is 1.06. The van der Waals surface area contributed by atoms with Crippen molar-refractivity contribution in [1.29, 1.82) is 0 Å². The lowest BCUT2D eigenvalue weighted by atomic mass is 10.1. The maximum absolute atomic E-state index is 4.37. The molecule has 1 rings (SSSR count). The first-order valence-electron chi connectivity index (χ1n) is 4.87. The van der Waals surface area contributed by atoms with Crippen LogP contribution >= 0.6 is 0 Å². The van der Waals surface area contributed by atoms with E-state index in [4.69, 9.17) is 0 Å². The maximum atomic E-state index is 4.37. The molecule has 0 aliphatic heterocycles. The standard InChI is InChI=1S/C10H19N3/c1-5-8(2)6-11-10-12-9(3)7-13(10)4/h7-8H,5-6H2,1-4H3,(H,11,12). The van der Waals surface area contributed by atoms with Crippen molar-refractivity contribution in [1.82, 2.24) is 9.55 Å². The molecule has 0 saturated carbocycles. The van der Waals surface area contributed by atoms with Crippen molar-refractivity contribution in [2.45, 2.75) is 27.2 Å². The molecule has 1 unspecified atom stereocenters. The van der Waals surface area contributed by atoms with Gasteiger partial charge in [0.2, 0.25) is 5.95 Å². The predicted molar refractivity (Wildman–Crippen MR) is 55.9 cm³/mol. The van der Waals surface area contributed by atoms with E-state index in [1.807, 2.05) is 24.7 Å². The van der Waals surface area contributed by atoms with Crippen molar-refractivity contribution >= 4 is 5.95 Å². The van der Waals surface area contributed by atoms with Gasteiger partial charge in [-0.25, -0.2) is 4.98 Å². The minimum absolute atomic E-state index is 0.706. The Kier molecular flexibility index (Phi) is 3.34. The van der Waals surface area contributed by atoms with E-state index in [9.17, 15) is 0 Å². The first kappa shape index (κ1) is 10.1. The lowest BCUT2D eigenvalue weighted by molar-refractivity contribution is 0.589. The molecule has 3 heteroatoms. The summed E-state index contributed by atoms with van der Waals surface area (Å²) in [5.74, 6) is 1.68. The quantitative estimate of drug-likeness (QED) is 0.771. The number of aryl methyl sites for hydroxylation is 2. The molecule has 74 valence electrons. The summed E-state index contributed by atoms with van der Waals surface area (Å²) in [4.78, 5) is 4.37. The molecule has 1 heterocycles. The van der Waals surface area contributed by atoms with Crippen LogP contribution in [-0.2, 0) is 7.05 Å². The smallest absolute Gasteiger partial charge is 0.202 e. The molecule has 0 saturated heterocycles. The summed E-state index contributed by atoms with van der Waals surface area (Å²) in [5, 5.41) is 3.34. The monoisotopic (exact) mass is 181 g/mol. The van der Waals surface area contributed by atoms with E-state index in [2.05, 4.69) is 24.1 Å². The minimum Gasteiger partial charge on any atom is -0.355 e. The Morgan fingerprint density at radius 3 is 2.77 bits per heavy atom. The molecule has 0 bridgehead atoms. The fourth-order valence-corrected chi connectivity index (χ4v) is 1.19. The van der Waals surface area contributed by atoms with E-state index in [0.717, 1.165) is 18.2 Å². The topological polar surface area (TPSA) is 29.9 Å². The molecule has 0 aromatic carbocycles. The number of anilines is 1. The average Bonchev–Trinajstić information content (AvgIpc) is 2.41. The van der Waals surface area contributed by atoms with Gasteiger partial charge in [-0.05, 0) is 12.8 Å². The van der Waals surface area contributed by atoms with Crippen LogP contribution in [0.4, 0.5) is 5.95 Å². The maximum Gasteiger partial charge on any atom is 0.202 e. The van der Waals surface area contributed by atoms with E-state index in [-0.39, 0.29) is 0 Å². The van der Waals surface area contributed by atoms with Gasteiger partial charge < -0.3 is 9.88 Å². The van der Waals surface area contributed by atoms with Gasteiger partial charge in [-0.15, -0.1) is 0 Å². The number of imidazole rings is 1. The van der Waals surface area contributed by atoms with Crippen LogP contribution < -0.4 is 5.32 Å². The lowest BCUT2D eigenvalue weighted by Gasteiger charge is -2.10. The SMILES string of the molecule is CCC(C)CNc1nc(C)cn1C. The highest BCUT2D eigenvalue weighted by molar-refractivity contribution is 5.28. The van der Waals surface area contributed by atoms with Crippen LogP contribution in [-0.4, -0.2) is 16.1 Å². The third-order valence-electron chi connectivity index (χ3n) is 2.30. The van der Waals surface area contributed by atoms with E-state index in [1.165, 1.54) is 6.42 Å². The number of nitrogens with zero attached hydrogens (tertiary/aromatic N) is 2. The number of hydrogen-bond acceptors (Lipinski definition) is 2. The van der Waals surface area contributed by atoms with Gasteiger partial charge in [0.25, 0.3) is 0 Å². The largest absolute Gasteiger partial charge is 0.355 e. The second-order valence-electron chi connectivity index (χ2n) is 3.71. The van der Waals surface area contributed by atoms with Crippen LogP contribution in [0.5, 0.6) is 0 Å². The summed E-state index contributed by atoms with van der Waals surface area (Å²) in [6.07, 6.45) is 3.23. The molecule has 3 nitrogen and oxygen atoms in total. The molecule has 0 radical (unpaired) electrons. The summed E-state index contributed by atoms with van der Waals surface area (Å²) in [6, 6.07) is 0. The van der Waals surface area contributed by atoms with Gasteiger partial charge >= 0.3 is 0 Å². The van der Waals surface area contributed by atoms with Crippen LogP contribution in [0.25, 0.3) is 0 Å². The van der Waals surface area contributed by atoms with Crippen LogP contribution in [0.2, 0.25) is 0 Å². The molecule has 0 spiro atoms. The van der Waals surface area contributed by atoms with Gasteiger partial charge in [-0.1, -0.05) is 20.3 Å². The molecule has 1 atom stereocenters. The molecular formula is C10H19N3. The van der Waals surface area contributed by atoms with Gasteiger partial charge in [0, 0.05) is 19.8 Å². The second-order valence-corrected chi connectivity index (χ2v) is 3.71. The summed E-state index contributed by atoms with van der Waals surface area (Å²) in [6.45, 7) is 7.45. The van der Waals surface area contributed by atoms with Crippen molar-refractivity contribution < 1.29 is 0 Å². The van der Waals surface area contributed by atoms with Gasteiger partial charge in [-0.2, -0.15) is 0 Å².